The first-order chi connectivity index (χ1) is 16.0. The Morgan fingerprint density at radius 2 is 1.85 bits per heavy atom. The lowest BCUT2D eigenvalue weighted by atomic mass is 9.64. The number of Topliss-reactive ketones (excluding diaryl/α,β-unsaturated/α-hetero) is 1. The van der Waals surface area contributed by atoms with Crippen LogP contribution in [0.1, 0.15) is 30.4 Å². The van der Waals surface area contributed by atoms with Gasteiger partial charge in [0.1, 0.15) is 17.3 Å². The molecule has 0 aromatic heterocycles. The van der Waals surface area contributed by atoms with Crippen molar-refractivity contribution in [3.8, 4) is 18.4 Å². The Kier molecular flexibility index (Phi) is 4.62. The highest BCUT2D eigenvalue weighted by Gasteiger charge is 2.62. The first kappa shape index (κ1) is 20.6. The summed E-state index contributed by atoms with van der Waals surface area (Å²) in [7, 11) is 0. The van der Waals surface area contributed by atoms with Gasteiger partial charge in [0, 0.05) is 34.6 Å². The number of anilines is 2. The lowest BCUT2D eigenvalue weighted by molar-refractivity contribution is -0.124. The summed E-state index contributed by atoms with van der Waals surface area (Å²) in [6, 6.07) is 17.1. The molecule has 6 heteroatoms. The van der Waals surface area contributed by atoms with Crippen LogP contribution in [-0.2, 0) is 15.0 Å². The third-order valence-corrected chi connectivity index (χ3v) is 6.72. The molecular weight excluding hydrogens is 412 g/mol. The fourth-order valence-corrected chi connectivity index (χ4v) is 5.37. The van der Waals surface area contributed by atoms with Gasteiger partial charge < -0.3 is 5.73 Å². The summed E-state index contributed by atoms with van der Waals surface area (Å²) in [5.74, 6) is 2.17. The minimum absolute atomic E-state index is 0.0364. The number of allylic oxidation sites excluding steroid dienone is 1. The topological polar surface area (TPSA) is 90.4 Å². The summed E-state index contributed by atoms with van der Waals surface area (Å²) in [6.07, 6.45) is 7.11. The number of nitriles is 1. The molecule has 0 fully saturated rings. The van der Waals surface area contributed by atoms with Crippen molar-refractivity contribution in [3.63, 3.8) is 0 Å². The van der Waals surface area contributed by atoms with E-state index in [-0.39, 0.29) is 23.7 Å². The van der Waals surface area contributed by atoms with Crippen molar-refractivity contribution in [2.24, 2.45) is 5.73 Å². The molecular formula is C27H22N4O2. The summed E-state index contributed by atoms with van der Waals surface area (Å²) in [4.78, 5) is 30.9. The number of benzene rings is 2. The van der Waals surface area contributed by atoms with E-state index in [1.54, 1.807) is 23.1 Å². The zero-order valence-electron chi connectivity index (χ0n) is 18.3. The monoisotopic (exact) mass is 434 g/mol. The number of para-hydroxylation sites is 1. The number of rotatable bonds is 2. The van der Waals surface area contributed by atoms with E-state index in [4.69, 9.17) is 12.2 Å². The maximum absolute atomic E-state index is 14.1. The number of amides is 1. The quantitative estimate of drug-likeness (QED) is 0.732. The number of ketones is 1. The molecule has 162 valence electrons. The highest BCUT2D eigenvalue weighted by molar-refractivity contribution is 6.20. The van der Waals surface area contributed by atoms with Gasteiger partial charge >= 0.3 is 0 Å². The number of nitrogens with two attached hydrogens (primary N) is 1. The molecule has 1 atom stereocenters. The second kappa shape index (κ2) is 7.39. The van der Waals surface area contributed by atoms with Crippen LogP contribution in [0, 0.1) is 30.6 Å². The van der Waals surface area contributed by atoms with Crippen LogP contribution >= 0.6 is 0 Å². The Bertz CT molecular complexity index is 1350. The molecule has 0 unspecified atom stereocenters. The van der Waals surface area contributed by atoms with Crippen molar-refractivity contribution in [2.45, 2.75) is 31.6 Å². The Morgan fingerprint density at radius 1 is 1.12 bits per heavy atom. The number of hydrogen-bond acceptors (Lipinski definition) is 5. The van der Waals surface area contributed by atoms with E-state index in [1.165, 1.54) is 4.90 Å². The van der Waals surface area contributed by atoms with Crippen LogP contribution in [0.15, 0.2) is 71.2 Å². The second-order valence-corrected chi connectivity index (χ2v) is 8.50. The van der Waals surface area contributed by atoms with Gasteiger partial charge in [0.25, 0.3) is 0 Å². The average Bonchev–Trinajstić information content (AvgIpc) is 3.05. The van der Waals surface area contributed by atoms with Crippen LogP contribution in [0.25, 0.3) is 0 Å². The number of terminal acetylenes is 1. The number of fused-ring (bicyclic) bond motifs is 3. The van der Waals surface area contributed by atoms with Crippen LogP contribution in [0.4, 0.5) is 11.4 Å². The third kappa shape index (κ3) is 2.61. The molecule has 0 saturated carbocycles. The Labute approximate surface area is 192 Å². The number of aryl methyl sites for hydroxylation is 1. The Morgan fingerprint density at radius 3 is 2.55 bits per heavy atom. The van der Waals surface area contributed by atoms with Crippen LogP contribution in [0.5, 0.6) is 0 Å². The third-order valence-electron chi connectivity index (χ3n) is 6.72. The van der Waals surface area contributed by atoms with Crippen molar-refractivity contribution in [1.82, 2.24) is 0 Å². The largest absolute Gasteiger partial charge is 0.384 e. The van der Waals surface area contributed by atoms with E-state index < -0.39 is 11.3 Å². The van der Waals surface area contributed by atoms with Gasteiger partial charge in [-0.2, -0.15) is 5.26 Å². The molecule has 1 spiro atoms. The summed E-state index contributed by atoms with van der Waals surface area (Å²) >= 11 is 0. The molecule has 1 amide bonds. The number of carbonyl (C=O) groups excluding carboxylic acids is 2. The number of carbonyl (C=O) groups is 2. The van der Waals surface area contributed by atoms with Crippen molar-refractivity contribution in [1.29, 1.82) is 5.26 Å². The lowest BCUT2D eigenvalue weighted by Crippen LogP contribution is -2.52. The smallest absolute Gasteiger partial charge is 0.248 e. The molecule has 2 aliphatic heterocycles. The van der Waals surface area contributed by atoms with E-state index >= 15 is 0 Å². The average molecular weight is 434 g/mol. The van der Waals surface area contributed by atoms with Gasteiger partial charge in [-0.3, -0.25) is 19.4 Å². The minimum Gasteiger partial charge on any atom is -0.384 e. The molecule has 3 aliphatic rings. The normalized spacial score (nSPS) is 21.8. The van der Waals surface area contributed by atoms with Crippen LogP contribution in [0.3, 0.4) is 0 Å². The second-order valence-electron chi connectivity index (χ2n) is 8.50. The molecule has 0 bridgehead atoms. The molecule has 2 heterocycles. The van der Waals surface area contributed by atoms with Gasteiger partial charge in [0.15, 0.2) is 5.78 Å². The summed E-state index contributed by atoms with van der Waals surface area (Å²) in [5.41, 5.74) is 9.20. The maximum atomic E-state index is 14.1. The highest BCUT2D eigenvalue weighted by Crippen LogP contribution is 2.56. The molecule has 33 heavy (non-hydrogen) atoms. The standard InChI is InChI=1S/C27H22N4O2/c1-3-15-30-21-8-5-4-7-19(21)27(26(30)33)20(16-28)25(29)31(18-13-11-17(2)12-14-18)22-9-6-10-23(32)24(22)27/h1,4-5,7-8,11-14H,6,9-10,15,29H2,2H3/t27-/m0/s1. The van der Waals surface area contributed by atoms with Gasteiger partial charge in [0.2, 0.25) is 5.91 Å². The summed E-state index contributed by atoms with van der Waals surface area (Å²) in [5, 5.41) is 10.4. The fraction of sp³-hybridized carbons (Fsp3) is 0.222. The zero-order valence-corrected chi connectivity index (χ0v) is 18.3. The van der Waals surface area contributed by atoms with Gasteiger partial charge in [0.05, 0.1) is 12.1 Å². The van der Waals surface area contributed by atoms with Crippen LogP contribution in [-0.4, -0.2) is 18.2 Å². The molecule has 0 radical (unpaired) electrons. The fourth-order valence-electron chi connectivity index (χ4n) is 5.37. The molecule has 6 nitrogen and oxygen atoms in total. The molecule has 2 aromatic carbocycles. The van der Waals surface area contributed by atoms with Gasteiger partial charge in [-0.15, -0.1) is 6.42 Å². The molecule has 2 aromatic rings. The van der Waals surface area contributed by atoms with E-state index in [2.05, 4.69) is 12.0 Å². The van der Waals surface area contributed by atoms with Crippen molar-refractivity contribution in [3.05, 3.63) is 82.3 Å². The SMILES string of the molecule is C#CCN1C(=O)[C@]2(C(C#N)=C(N)N(c3ccc(C)cc3)C3=C2C(=O)CCC3)c2ccccc21. The summed E-state index contributed by atoms with van der Waals surface area (Å²) < 4.78 is 0. The van der Waals surface area contributed by atoms with Crippen LogP contribution in [0.2, 0.25) is 0 Å². The van der Waals surface area contributed by atoms with Crippen molar-refractivity contribution >= 4 is 23.1 Å². The summed E-state index contributed by atoms with van der Waals surface area (Å²) in [6.45, 7) is 2.02. The van der Waals surface area contributed by atoms with Gasteiger partial charge in [-0.05, 0) is 38.0 Å². The lowest BCUT2D eigenvalue weighted by Gasteiger charge is -2.43. The molecule has 1 aliphatic carbocycles. The highest BCUT2D eigenvalue weighted by atomic mass is 16.2. The predicted molar refractivity (Wildman–Crippen MR) is 126 cm³/mol. The van der Waals surface area contributed by atoms with Gasteiger partial charge in [-0.1, -0.05) is 41.8 Å². The van der Waals surface area contributed by atoms with Crippen LogP contribution < -0.4 is 15.5 Å². The predicted octanol–water partition coefficient (Wildman–Crippen LogP) is 3.43. The molecule has 5 rings (SSSR count). The first-order valence-corrected chi connectivity index (χ1v) is 10.9. The molecule has 0 saturated heterocycles. The van der Waals surface area contributed by atoms with Crippen molar-refractivity contribution in [2.75, 3.05) is 16.3 Å². The van der Waals surface area contributed by atoms with E-state index in [0.29, 0.717) is 41.8 Å². The Balaban J connectivity index is 1.88. The van der Waals surface area contributed by atoms with E-state index in [9.17, 15) is 14.9 Å². The zero-order chi connectivity index (χ0) is 23.3. The number of hydrogen-bond donors (Lipinski definition) is 1. The van der Waals surface area contributed by atoms with E-state index in [0.717, 1.165) is 11.3 Å². The number of nitrogens with zero attached hydrogens (tertiary/aromatic N) is 3. The Hall–Kier alpha value is -4.29. The van der Waals surface area contributed by atoms with E-state index in [1.807, 2.05) is 37.3 Å². The first-order valence-electron chi connectivity index (χ1n) is 10.9. The van der Waals surface area contributed by atoms with Crippen molar-refractivity contribution < 1.29 is 9.59 Å². The van der Waals surface area contributed by atoms with Gasteiger partial charge in [-0.25, -0.2) is 0 Å². The molecule has 2 N–H and O–H groups in total. The minimum atomic E-state index is -1.58. The maximum Gasteiger partial charge on any atom is 0.248 e.